The molecule has 1 heterocycles. The first-order valence-corrected chi connectivity index (χ1v) is 7.22. The second-order valence-corrected chi connectivity index (χ2v) is 6.00. The fourth-order valence-corrected chi connectivity index (χ4v) is 2.96. The van der Waals surface area contributed by atoms with Gasteiger partial charge in [-0.3, -0.25) is 4.79 Å². The van der Waals surface area contributed by atoms with Gasteiger partial charge in [0.2, 0.25) is 0 Å². The summed E-state index contributed by atoms with van der Waals surface area (Å²) >= 11 is 9.39. The van der Waals surface area contributed by atoms with Gasteiger partial charge < -0.3 is 10.6 Å². The molecule has 0 radical (unpaired) electrons. The van der Waals surface area contributed by atoms with Gasteiger partial charge in [0.25, 0.3) is 5.91 Å². The van der Waals surface area contributed by atoms with E-state index in [2.05, 4.69) is 33.5 Å². The Morgan fingerprint density at radius 2 is 2.33 bits per heavy atom. The van der Waals surface area contributed by atoms with Crippen molar-refractivity contribution in [2.75, 3.05) is 6.54 Å². The van der Waals surface area contributed by atoms with Gasteiger partial charge in [0.05, 0.1) is 10.6 Å². The molecule has 2 rings (SSSR count). The minimum Gasteiger partial charge on any atom is -0.349 e. The lowest BCUT2D eigenvalue weighted by atomic mass is 10.0. The maximum atomic E-state index is 12.1. The minimum absolute atomic E-state index is 0.0911. The number of rotatable bonds is 2. The van der Waals surface area contributed by atoms with E-state index in [4.69, 9.17) is 11.6 Å². The number of benzene rings is 1. The Morgan fingerprint density at radius 1 is 1.56 bits per heavy atom. The van der Waals surface area contributed by atoms with E-state index in [1.807, 2.05) is 6.07 Å². The zero-order chi connectivity index (χ0) is 13.1. The molecule has 5 heteroatoms. The van der Waals surface area contributed by atoms with Crippen LogP contribution in [0.4, 0.5) is 0 Å². The number of piperidine rings is 1. The molecule has 1 aromatic carbocycles. The molecule has 0 aromatic heterocycles. The quantitative estimate of drug-likeness (QED) is 0.875. The topological polar surface area (TPSA) is 41.1 Å². The van der Waals surface area contributed by atoms with E-state index < -0.39 is 0 Å². The largest absolute Gasteiger partial charge is 0.349 e. The standard InChI is InChI=1S/C13H16BrClN2O/c1-8-6-10(4-5-16-8)17-13(18)11-3-2-9(14)7-12(11)15/h2-3,7-8,10,16H,4-6H2,1H3,(H,17,18). The summed E-state index contributed by atoms with van der Waals surface area (Å²) in [7, 11) is 0. The first kappa shape index (κ1) is 13.8. The summed E-state index contributed by atoms with van der Waals surface area (Å²) in [5.74, 6) is -0.0911. The fraction of sp³-hybridized carbons (Fsp3) is 0.462. The second kappa shape index (κ2) is 6.04. The number of carbonyl (C=O) groups is 1. The van der Waals surface area contributed by atoms with E-state index in [-0.39, 0.29) is 11.9 Å². The number of carbonyl (C=O) groups excluding carboxylic acids is 1. The van der Waals surface area contributed by atoms with Crippen LogP contribution in [0.15, 0.2) is 22.7 Å². The van der Waals surface area contributed by atoms with Crippen molar-refractivity contribution in [3.05, 3.63) is 33.3 Å². The molecular formula is C13H16BrClN2O. The normalized spacial score (nSPS) is 23.7. The highest BCUT2D eigenvalue weighted by atomic mass is 79.9. The Bertz CT molecular complexity index is 453. The third-order valence-electron chi connectivity index (χ3n) is 3.13. The average Bonchev–Trinajstić information content (AvgIpc) is 2.28. The third kappa shape index (κ3) is 3.46. The molecule has 1 fully saturated rings. The molecule has 0 bridgehead atoms. The van der Waals surface area contributed by atoms with Crippen LogP contribution in [0.5, 0.6) is 0 Å². The van der Waals surface area contributed by atoms with Gasteiger partial charge in [-0.2, -0.15) is 0 Å². The van der Waals surface area contributed by atoms with Crippen LogP contribution in [-0.4, -0.2) is 24.5 Å². The molecule has 1 amide bonds. The molecule has 18 heavy (non-hydrogen) atoms. The van der Waals surface area contributed by atoms with Crippen molar-refractivity contribution in [3.8, 4) is 0 Å². The number of halogens is 2. The molecule has 1 aromatic rings. The number of amides is 1. The highest BCUT2D eigenvalue weighted by Gasteiger charge is 2.21. The van der Waals surface area contributed by atoms with Gasteiger partial charge in [0.1, 0.15) is 0 Å². The van der Waals surface area contributed by atoms with Crippen LogP contribution in [0.2, 0.25) is 5.02 Å². The molecule has 2 N–H and O–H groups in total. The average molecular weight is 332 g/mol. The lowest BCUT2D eigenvalue weighted by Gasteiger charge is -2.28. The van der Waals surface area contributed by atoms with Crippen molar-refractivity contribution < 1.29 is 4.79 Å². The van der Waals surface area contributed by atoms with E-state index in [1.54, 1.807) is 12.1 Å². The van der Waals surface area contributed by atoms with Crippen LogP contribution in [0.3, 0.4) is 0 Å². The van der Waals surface area contributed by atoms with Gasteiger partial charge in [-0.1, -0.05) is 27.5 Å². The Morgan fingerprint density at radius 3 is 3.00 bits per heavy atom. The summed E-state index contributed by atoms with van der Waals surface area (Å²) in [6, 6.07) is 5.98. The monoisotopic (exact) mass is 330 g/mol. The van der Waals surface area contributed by atoms with Crippen LogP contribution in [0, 0.1) is 0 Å². The Hall–Kier alpha value is -0.580. The van der Waals surface area contributed by atoms with Gasteiger partial charge in [0.15, 0.2) is 0 Å². The predicted molar refractivity (Wildman–Crippen MR) is 77.1 cm³/mol. The van der Waals surface area contributed by atoms with Crippen molar-refractivity contribution in [2.24, 2.45) is 0 Å². The van der Waals surface area contributed by atoms with Gasteiger partial charge >= 0.3 is 0 Å². The lowest BCUT2D eigenvalue weighted by molar-refractivity contribution is 0.0926. The molecular weight excluding hydrogens is 316 g/mol. The number of hydrogen-bond acceptors (Lipinski definition) is 2. The van der Waals surface area contributed by atoms with Gasteiger partial charge in [-0.05, 0) is 44.5 Å². The Kier molecular flexibility index (Phi) is 4.65. The zero-order valence-corrected chi connectivity index (χ0v) is 12.5. The van der Waals surface area contributed by atoms with Gasteiger partial charge in [-0.25, -0.2) is 0 Å². The highest BCUT2D eigenvalue weighted by Crippen LogP contribution is 2.21. The van der Waals surface area contributed by atoms with Crippen molar-refractivity contribution in [2.45, 2.75) is 31.8 Å². The SMILES string of the molecule is CC1CC(NC(=O)c2ccc(Br)cc2Cl)CCN1. The van der Waals surface area contributed by atoms with Crippen LogP contribution in [-0.2, 0) is 0 Å². The fourth-order valence-electron chi connectivity index (χ4n) is 2.20. The minimum atomic E-state index is -0.0911. The van der Waals surface area contributed by atoms with Crippen LogP contribution < -0.4 is 10.6 Å². The van der Waals surface area contributed by atoms with Gasteiger partial charge in [-0.15, -0.1) is 0 Å². The van der Waals surface area contributed by atoms with E-state index in [9.17, 15) is 4.79 Å². The molecule has 3 nitrogen and oxygen atoms in total. The summed E-state index contributed by atoms with van der Waals surface area (Å²) in [6.07, 6.45) is 1.92. The number of nitrogens with one attached hydrogen (secondary N) is 2. The van der Waals surface area contributed by atoms with Crippen molar-refractivity contribution in [1.29, 1.82) is 0 Å². The van der Waals surface area contributed by atoms with E-state index >= 15 is 0 Å². The van der Waals surface area contributed by atoms with Crippen molar-refractivity contribution in [1.82, 2.24) is 10.6 Å². The predicted octanol–water partition coefficient (Wildman–Crippen LogP) is 2.97. The van der Waals surface area contributed by atoms with Crippen LogP contribution in [0.1, 0.15) is 30.1 Å². The molecule has 2 atom stereocenters. The Labute approximate surface area is 120 Å². The molecule has 98 valence electrons. The van der Waals surface area contributed by atoms with Crippen molar-refractivity contribution in [3.63, 3.8) is 0 Å². The summed E-state index contributed by atoms with van der Waals surface area (Å²) in [5.41, 5.74) is 0.533. The third-order valence-corrected chi connectivity index (χ3v) is 3.94. The van der Waals surface area contributed by atoms with E-state index in [0.717, 1.165) is 23.9 Å². The summed E-state index contributed by atoms with van der Waals surface area (Å²) in [5, 5.41) is 6.88. The first-order chi connectivity index (χ1) is 8.56. The van der Waals surface area contributed by atoms with E-state index in [1.165, 1.54) is 0 Å². The summed E-state index contributed by atoms with van der Waals surface area (Å²) < 4.78 is 0.875. The maximum Gasteiger partial charge on any atom is 0.253 e. The number of hydrogen-bond donors (Lipinski definition) is 2. The maximum absolute atomic E-state index is 12.1. The Balaban J connectivity index is 2.03. The lowest BCUT2D eigenvalue weighted by Crippen LogP contribution is -2.46. The highest BCUT2D eigenvalue weighted by molar-refractivity contribution is 9.10. The molecule has 0 aliphatic carbocycles. The molecule has 1 saturated heterocycles. The summed E-state index contributed by atoms with van der Waals surface area (Å²) in [6.45, 7) is 3.07. The molecule has 1 aliphatic rings. The van der Waals surface area contributed by atoms with Gasteiger partial charge in [0, 0.05) is 16.6 Å². The first-order valence-electron chi connectivity index (χ1n) is 6.05. The van der Waals surface area contributed by atoms with Crippen LogP contribution in [0.25, 0.3) is 0 Å². The molecule has 0 spiro atoms. The van der Waals surface area contributed by atoms with E-state index in [0.29, 0.717) is 16.6 Å². The van der Waals surface area contributed by atoms with Crippen LogP contribution >= 0.6 is 27.5 Å². The smallest absolute Gasteiger partial charge is 0.253 e. The van der Waals surface area contributed by atoms with Crippen molar-refractivity contribution >= 4 is 33.4 Å². The molecule has 1 aliphatic heterocycles. The molecule has 0 saturated carbocycles. The second-order valence-electron chi connectivity index (χ2n) is 4.67. The summed E-state index contributed by atoms with van der Waals surface area (Å²) in [4.78, 5) is 12.1. The molecule has 2 unspecified atom stereocenters. The zero-order valence-electron chi connectivity index (χ0n) is 10.2.